The highest BCUT2D eigenvalue weighted by molar-refractivity contribution is 6.53. The summed E-state index contributed by atoms with van der Waals surface area (Å²) >= 11 is 6.09. The van der Waals surface area contributed by atoms with Gasteiger partial charge in [0, 0.05) is 29.9 Å². The molecule has 5 N–H and O–H groups in total. The summed E-state index contributed by atoms with van der Waals surface area (Å²) < 4.78 is 27.2. The largest absolute Gasteiger partial charge is 0.407 e. The van der Waals surface area contributed by atoms with Gasteiger partial charge in [0.1, 0.15) is 36.4 Å². The minimum absolute atomic E-state index is 0.0334. The molecular weight excluding hydrogens is 409 g/mol. The number of allylic oxidation sites excluding steroid dienone is 1. The Balaban J connectivity index is 2.14. The zero-order valence-electron chi connectivity index (χ0n) is 17.1. The number of nitrogens with one attached hydrogen (secondary N) is 4. The average Bonchev–Trinajstić information content (AvgIpc) is 2.67. The third kappa shape index (κ3) is 5.99. The number of rotatable bonds is 9. The molecule has 0 unspecified atom stereocenters. The van der Waals surface area contributed by atoms with Crippen molar-refractivity contribution in [1.82, 2.24) is 15.3 Å². The van der Waals surface area contributed by atoms with Gasteiger partial charge in [-0.1, -0.05) is 23.7 Å². The number of hydrogen-bond acceptors (Lipinski definition) is 7. The summed E-state index contributed by atoms with van der Waals surface area (Å²) in [5.41, 5.74) is 0.453. The van der Waals surface area contributed by atoms with Gasteiger partial charge in [-0.2, -0.15) is 4.98 Å². The molecule has 0 bridgehead atoms. The van der Waals surface area contributed by atoms with Crippen LogP contribution in [0.2, 0.25) is 5.02 Å². The van der Waals surface area contributed by atoms with E-state index in [-0.39, 0.29) is 28.9 Å². The molecule has 0 saturated carbocycles. The fourth-order valence-corrected chi connectivity index (χ4v) is 2.25. The van der Waals surface area contributed by atoms with Gasteiger partial charge in [0.2, 0.25) is 5.95 Å². The van der Waals surface area contributed by atoms with E-state index in [2.05, 4.69) is 25.9 Å². The Morgan fingerprint density at radius 2 is 1.97 bits per heavy atom. The lowest BCUT2D eigenvalue weighted by Crippen LogP contribution is -2.64. The summed E-state index contributed by atoms with van der Waals surface area (Å²) in [4.78, 5) is 8.27. The number of halogens is 3. The Morgan fingerprint density at radius 1 is 1.27 bits per heavy atom. The maximum Gasteiger partial charge on any atom is 0.229 e. The SMILES string of the molecule is BC(B)(O)C(B)(B)N/C=C(\C=N)Nc1ncc(Cl)c(NCc2cccc(F)c2F)n1. The first kappa shape index (κ1) is 23.8. The van der Waals surface area contributed by atoms with Gasteiger partial charge in [0.05, 0.1) is 11.9 Å². The first-order valence-electron chi connectivity index (χ1n) is 9.11. The quantitative estimate of drug-likeness (QED) is 0.241. The third-order valence-corrected chi connectivity index (χ3v) is 5.03. The van der Waals surface area contributed by atoms with Gasteiger partial charge in [-0.3, -0.25) is 0 Å². The van der Waals surface area contributed by atoms with E-state index in [9.17, 15) is 13.9 Å². The molecule has 1 aromatic carbocycles. The fraction of sp³-hybridized carbons (Fsp3) is 0.188. The van der Waals surface area contributed by atoms with E-state index in [1.807, 2.05) is 15.7 Å². The first-order valence-corrected chi connectivity index (χ1v) is 9.49. The summed E-state index contributed by atoms with van der Waals surface area (Å²) in [5.74, 6) is -1.53. The molecule has 7 nitrogen and oxygen atoms in total. The van der Waals surface area contributed by atoms with Crippen LogP contribution >= 0.6 is 11.6 Å². The number of hydrogen-bond donors (Lipinski definition) is 5. The molecule has 0 aliphatic heterocycles. The van der Waals surface area contributed by atoms with Crippen molar-refractivity contribution in [2.24, 2.45) is 0 Å². The van der Waals surface area contributed by atoms with Crippen molar-refractivity contribution in [2.75, 3.05) is 10.6 Å². The number of aromatic nitrogens is 2. The second-order valence-corrected chi connectivity index (χ2v) is 8.06. The van der Waals surface area contributed by atoms with Gasteiger partial charge < -0.3 is 26.5 Å². The zero-order valence-corrected chi connectivity index (χ0v) is 17.9. The lowest BCUT2D eigenvalue weighted by atomic mass is 9.40. The standard InChI is InChI=1S/C16H21B4ClF2N6O/c17-15(18,16(19,20)30)27-6-9(4-24)28-14-26-7-10(21)13(29-14)25-5-8-2-1-3-11(22)12(8)23/h1-4,6-7,24,27,30H,5,17-20H2,(H2,25,26,28,29)/b9-6+,24-4?. The molecule has 30 heavy (non-hydrogen) atoms. The molecule has 2 aromatic rings. The fourth-order valence-electron chi connectivity index (χ4n) is 2.09. The second-order valence-electron chi connectivity index (χ2n) is 7.65. The van der Waals surface area contributed by atoms with E-state index in [1.165, 1.54) is 24.5 Å². The van der Waals surface area contributed by atoms with Gasteiger partial charge in [0.15, 0.2) is 17.5 Å². The number of anilines is 2. The molecule has 0 radical (unpaired) electrons. The third-order valence-electron chi connectivity index (χ3n) is 4.75. The Hall–Kier alpha value is -2.52. The summed E-state index contributed by atoms with van der Waals surface area (Å²) in [7, 11) is 6.98. The summed E-state index contributed by atoms with van der Waals surface area (Å²) in [6.07, 6.45) is 3.93. The molecular formula is C16H21B4ClF2N6O. The molecule has 0 spiro atoms. The van der Waals surface area contributed by atoms with Crippen molar-refractivity contribution in [2.45, 2.75) is 17.3 Å². The molecule has 14 heteroatoms. The number of benzene rings is 1. The van der Waals surface area contributed by atoms with Gasteiger partial charge in [0.25, 0.3) is 0 Å². The molecule has 1 heterocycles. The first-order chi connectivity index (χ1) is 13.9. The van der Waals surface area contributed by atoms with E-state index < -0.39 is 22.4 Å². The van der Waals surface area contributed by atoms with Crippen LogP contribution in [-0.4, -0.2) is 63.4 Å². The van der Waals surface area contributed by atoms with Crippen LogP contribution in [0.4, 0.5) is 20.5 Å². The lowest BCUT2D eigenvalue weighted by Gasteiger charge is -2.39. The summed E-state index contributed by atoms with van der Waals surface area (Å²) in [6, 6.07) is 3.90. The van der Waals surface area contributed by atoms with Crippen LogP contribution in [0.15, 0.2) is 36.3 Å². The Bertz CT molecular complexity index is 958. The van der Waals surface area contributed by atoms with Crippen LogP contribution in [-0.2, 0) is 6.54 Å². The van der Waals surface area contributed by atoms with Crippen molar-refractivity contribution in [3.63, 3.8) is 0 Å². The predicted octanol–water partition coefficient (Wildman–Crippen LogP) is -1.65. The van der Waals surface area contributed by atoms with Gasteiger partial charge in [-0.25, -0.2) is 13.8 Å². The monoisotopic (exact) mass is 430 g/mol. The summed E-state index contributed by atoms with van der Waals surface area (Å²) in [5, 5.41) is 25.0. The van der Waals surface area contributed by atoms with E-state index in [0.29, 0.717) is 5.70 Å². The van der Waals surface area contributed by atoms with Crippen molar-refractivity contribution in [1.29, 1.82) is 5.41 Å². The minimum Gasteiger partial charge on any atom is -0.407 e. The smallest absolute Gasteiger partial charge is 0.229 e. The van der Waals surface area contributed by atoms with E-state index in [4.69, 9.17) is 17.0 Å². The van der Waals surface area contributed by atoms with Crippen molar-refractivity contribution in [3.8, 4) is 0 Å². The molecule has 0 aliphatic carbocycles. The van der Waals surface area contributed by atoms with Crippen LogP contribution in [0.25, 0.3) is 0 Å². The molecule has 0 amide bonds. The Kier molecular flexibility index (Phi) is 7.54. The Morgan fingerprint density at radius 3 is 2.60 bits per heavy atom. The maximum atomic E-state index is 13.8. The van der Waals surface area contributed by atoms with Crippen molar-refractivity contribution < 1.29 is 13.9 Å². The average molecular weight is 430 g/mol. The van der Waals surface area contributed by atoms with Crippen LogP contribution in [0.3, 0.4) is 0 Å². The molecule has 154 valence electrons. The maximum absolute atomic E-state index is 13.8. The molecule has 0 atom stereocenters. The van der Waals surface area contributed by atoms with Crippen LogP contribution < -0.4 is 16.0 Å². The molecule has 1 aromatic heterocycles. The number of nitrogens with zero attached hydrogens (tertiary/aromatic N) is 2. The topological polar surface area (TPSA) is 106 Å². The predicted molar refractivity (Wildman–Crippen MR) is 126 cm³/mol. The molecule has 0 fully saturated rings. The van der Waals surface area contributed by atoms with Crippen molar-refractivity contribution in [3.05, 3.63) is 58.5 Å². The molecule has 0 aliphatic rings. The van der Waals surface area contributed by atoms with Gasteiger partial charge in [-0.15, -0.1) is 0 Å². The summed E-state index contributed by atoms with van der Waals surface area (Å²) in [6.45, 7) is -0.0334. The highest BCUT2D eigenvalue weighted by Gasteiger charge is 2.33. The zero-order chi connectivity index (χ0) is 22.5. The van der Waals surface area contributed by atoms with Crippen molar-refractivity contribution >= 4 is 61.0 Å². The van der Waals surface area contributed by atoms with Crippen LogP contribution in [0.5, 0.6) is 0 Å². The highest BCUT2D eigenvalue weighted by Crippen LogP contribution is 2.21. The highest BCUT2D eigenvalue weighted by atomic mass is 35.5. The Labute approximate surface area is 182 Å². The van der Waals surface area contributed by atoms with Crippen LogP contribution in [0.1, 0.15) is 5.56 Å². The normalized spacial score (nSPS) is 12.3. The van der Waals surface area contributed by atoms with Gasteiger partial charge >= 0.3 is 0 Å². The second kappa shape index (κ2) is 9.53. The molecule has 2 rings (SSSR count). The minimum atomic E-state index is -1.02. The number of aliphatic hydroxyl groups is 1. The van der Waals surface area contributed by atoms with E-state index >= 15 is 0 Å². The molecule has 0 saturated heterocycles. The lowest BCUT2D eigenvalue weighted by molar-refractivity contribution is 0.184. The van der Waals surface area contributed by atoms with E-state index in [0.717, 1.165) is 12.3 Å². The van der Waals surface area contributed by atoms with Crippen LogP contribution in [0, 0.1) is 17.0 Å². The van der Waals surface area contributed by atoms with Gasteiger partial charge in [-0.05, 0) is 11.4 Å². The van der Waals surface area contributed by atoms with E-state index in [1.54, 1.807) is 15.7 Å².